The van der Waals surface area contributed by atoms with Crippen LogP contribution >= 0.6 is 0 Å². The molecule has 0 saturated carbocycles. The monoisotopic (exact) mass is 408 g/mol. The molecule has 5 heteroatoms. The third kappa shape index (κ3) is 8.26. The predicted octanol–water partition coefficient (Wildman–Crippen LogP) is 4.62. The normalized spacial score (nSPS) is 14.3. The topological polar surface area (TPSA) is 82.4 Å². The maximum absolute atomic E-state index is 12.3. The molecule has 0 radical (unpaired) electrons. The Morgan fingerprint density at radius 3 is 2.23 bits per heavy atom. The lowest BCUT2D eigenvalue weighted by Gasteiger charge is -2.28. The highest BCUT2D eigenvalue weighted by molar-refractivity contribution is 5.68. The lowest BCUT2D eigenvalue weighted by atomic mass is 9.90. The average molecular weight is 409 g/mol. The van der Waals surface area contributed by atoms with E-state index >= 15 is 0 Å². The Morgan fingerprint density at radius 1 is 1.07 bits per heavy atom. The van der Waals surface area contributed by atoms with Crippen LogP contribution in [0.2, 0.25) is 0 Å². The fourth-order valence-electron chi connectivity index (χ4n) is 3.39. The summed E-state index contributed by atoms with van der Waals surface area (Å²) in [5, 5.41) is 22.7. The Balaban J connectivity index is 2.03. The van der Waals surface area contributed by atoms with Crippen LogP contribution in [0, 0.1) is 17.2 Å². The molecule has 0 saturated heterocycles. The molecule has 0 spiro atoms. The van der Waals surface area contributed by atoms with Gasteiger partial charge in [0.05, 0.1) is 23.8 Å². The second-order valence-corrected chi connectivity index (χ2v) is 8.86. The van der Waals surface area contributed by atoms with E-state index in [1.54, 1.807) is 12.1 Å². The first kappa shape index (κ1) is 23.4. The first-order valence-corrected chi connectivity index (χ1v) is 10.4. The number of nitrogens with one attached hydrogen (secondary N) is 1. The Hall–Kier alpha value is -2.84. The zero-order valence-electron chi connectivity index (χ0n) is 18.3. The zero-order chi connectivity index (χ0) is 22.1. The van der Waals surface area contributed by atoms with Crippen molar-refractivity contribution in [2.75, 3.05) is 0 Å². The van der Waals surface area contributed by atoms with Gasteiger partial charge in [0.1, 0.15) is 5.60 Å². The Labute approximate surface area is 179 Å². The fourth-order valence-corrected chi connectivity index (χ4v) is 3.39. The molecule has 5 nitrogen and oxygen atoms in total. The molecule has 0 fully saturated rings. The number of ether oxygens (including phenoxy) is 1. The average Bonchev–Trinajstić information content (AvgIpc) is 2.67. The van der Waals surface area contributed by atoms with Gasteiger partial charge in [-0.05, 0) is 69.2 Å². The molecule has 0 aliphatic rings. The van der Waals surface area contributed by atoms with Crippen molar-refractivity contribution in [1.29, 1.82) is 5.26 Å². The molecule has 0 aromatic heterocycles. The van der Waals surface area contributed by atoms with Gasteiger partial charge in [0, 0.05) is 0 Å². The van der Waals surface area contributed by atoms with E-state index in [1.165, 1.54) is 0 Å². The minimum Gasteiger partial charge on any atom is -0.444 e. The van der Waals surface area contributed by atoms with Gasteiger partial charge in [0.15, 0.2) is 0 Å². The summed E-state index contributed by atoms with van der Waals surface area (Å²) in [6.45, 7) is 7.52. The van der Waals surface area contributed by atoms with Crippen molar-refractivity contribution in [3.63, 3.8) is 0 Å². The number of hydrogen-bond donors (Lipinski definition) is 2. The summed E-state index contributed by atoms with van der Waals surface area (Å²) >= 11 is 0. The highest BCUT2D eigenvalue weighted by Crippen LogP contribution is 2.18. The van der Waals surface area contributed by atoms with Gasteiger partial charge < -0.3 is 15.2 Å². The minimum absolute atomic E-state index is 0.201. The Bertz CT molecular complexity index is 835. The summed E-state index contributed by atoms with van der Waals surface area (Å²) in [5.41, 5.74) is 2.19. The van der Waals surface area contributed by atoms with Crippen LogP contribution in [0.1, 0.15) is 50.8 Å². The number of carbonyl (C=O) groups excluding carboxylic acids is 1. The lowest BCUT2D eigenvalue weighted by molar-refractivity contribution is 0.0395. The molecule has 30 heavy (non-hydrogen) atoms. The maximum Gasteiger partial charge on any atom is 0.407 e. The summed E-state index contributed by atoms with van der Waals surface area (Å²) in [5.74, 6) is 0.201. The second-order valence-electron chi connectivity index (χ2n) is 8.86. The second kappa shape index (κ2) is 10.8. The van der Waals surface area contributed by atoms with Crippen LogP contribution < -0.4 is 5.32 Å². The van der Waals surface area contributed by atoms with Crippen molar-refractivity contribution in [3.8, 4) is 6.07 Å². The number of rotatable bonds is 8. The van der Waals surface area contributed by atoms with E-state index in [2.05, 4.69) is 18.3 Å². The van der Waals surface area contributed by atoms with Crippen LogP contribution in [0.5, 0.6) is 0 Å². The summed E-state index contributed by atoms with van der Waals surface area (Å²) in [7, 11) is 0. The molecule has 3 atom stereocenters. The standard InChI is InChI=1S/C25H32N2O3/c1-18(14-20-10-12-21(17-26)13-11-20)15-23(28)22(16-19-8-6-5-7-9-19)27-24(29)30-25(2,3)4/h5-13,18,22-23,28H,14-16H2,1-4H3,(H,27,29)/t18-,22+,23+/m1/s1. The minimum atomic E-state index is -0.717. The third-order valence-electron chi connectivity index (χ3n) is 4.78. The lowest BCUT2D eigenvalue weighted by Crippen LogP contribution is -2.47. The number of carbonyl (C=O) groups is 1. The van der Waals surface area contributed by atoms with Crippen molar-refractivity contribution >= 4 is 6.09 Å². The number of aliphatic hydroxyl groups is 1. The molecule has 0 aliphatic heterocycles. The molecular weight excluding hydrogens is 376 g/mol. The van der Waals surface area contributed by atoms with Gasteiger partial charge in [-0.3, -0.25) is 0 Å². The van der Waals surface area contributed by atoms with Crippen molar-refractivity contribution in [2.45, 2.75) is 64.7 Å². The molecular formula is C25H32N2O3. The zero-order valence-corrected chi connectivity index (χ0v) is 18.3. The smallest absolute Gasteiger partial charge is 0.407 e. The molecule has 2 aromatic carbocycles. The van der Waals surface area contributed by atoms with Gasteiger partial charge in [-0.15, -0.1) is 0 Å². The molecule has 2 aromatic rings. The van der Waals surface area contributed by atoms with Crippen molar-refractivity contribution in [1.82, 2.24) is 5.32 Å². The number of aliphatic hydroxyl groups excluding tert-OH is 1. The van der Waals surface area contributed by atoms with Crippen LogP contribution in [-0.4, -0.2) is 28.9 Å². The van der Waals surface area contributed by atoms with Gasteiger partial charge in [0.2, 0.25) is 0 Å². The molecule has 0 bridgehead atoms. The van der Waals surface area contributed by atoms with Crippen LogP contribution in [-0.2, 0) is 17.6 Å². The van der Waals surface area contributed by atoms with Gasteiger partial charge in [-0.1, -0.05) is 49.4 Å². The van der Waals surface area contributed by atoms with Gasteiger partial charge >= 0.3 is 6.09 Å². The van der Waals surface area contributed by atoms with E-state index in [0.717, 1.165) is 17.5 Å². The van der Waals surface area contributed by atoms with Gasteiger partial charge in [0.25, 0.3) is 0 Å². The predicted molar refractivity (Wildman–Crippen MR) is 118 cm³/mol. The van der Waals surface area contributed by atoms with Crippen LogP contribution in [0.4, 0.5) is 4.79 Å². The third-order valence-corrected chi connectivity index (χ3v) is 4.78. The Morgan fingerprint density at radius 2 is 1.67 bits per heavy atom. The molecule has 1 amide bonds. The highest BCUT2D eigenvalue weighted by Gasteiger charge is 2.26. The molecule has 0 heterocycles. The van der Waals surface area contributed by atoms with E-state index in [9.17, 15) is 9.90 Å². The van der Waals surface area contributed by atoms with E-state index in [0.29, 0.717) is 18.4 Å². The molecule has 0 unspecified atom stereocenters. The Kier molecular flexibility index (Phi) is 8.44. The first-order valence-electron chi connectivity index (χ1n) is 10.4. The number of benzene rings is 2. The number of nitriles is 1. The molecule has 2 rings (SSSR count). The number of nitrogens with zero attached hydrogens (tertiary/aromatic N) is 1. The molecule has 0 aliphatic carbocycles. The van der Waals surface area contributed by atoms with Crippen LogP contribution in [0.25, 0.3) is 0 Å². The summed E-state index contributed by atoms with van der Waals surface area (Å²) in [6.07, 6.45) is 0.596. The van der Waals surface area contributed by atoms with E-state index in [-0.39, 0.29) is 5.92 Å². The number of hydrogen-bond acceptors (Lipinski definition) is 4. The van der Waals surface area contributed by atoms with Crippen molar-refractivity contribution < 1.29 is 14.6 Å². The summed E-state index contributed by atoms with van der Waals surface area (Å²) in [6, 6.07) is 19.0. The van der Waals surface area contributed by atoms with Gasteiger partial charge in [-0.25, -0.2) is 4.79 Å². The van der Waals surface area contributed by atoms with E-state index in [1.807, 2.05) is 63.2 Å². The largest absolute Gasteiger partial charge is 0.444 e. The number of amides is 1. The molecule has 2 N–H and O–H groups in total. The van der Waals surface area contributed by atoms with Crippen molar-refractivity contribution in [3.05, 3.63) is 71.3 Å². The van der Waals surface area contributed by atoms with E-state index < -0.39 is 23.8 Å². The van der Waals surface area contributed by atoms with E-state index in [4.69, 9.17) is 10.00 Å². The maximum atomic E-state index is 12.3. The fraction of sp³-hybridized carbons (Fsp3) is 0.440. The van der Waals surface area contributed by atoms with Crippen LogP contribution in [0.3, 0.4) is 0 Å². The first-order chi connectivity index (χ1) is 14.2. The van der Waals surface area contributed by atoms with Gasteiger partial charge in [-0.2, -0.15) is 5.26 Å². The molecule has 160 valence electrons. The highest BCUT2D eigenvalue weighted by atomic mass is 16.6. The summed E-state index contributed by atoms with van der Waals surface area (Å²) in [4.78, 5) is 12.3. The summed E-state index contributed by atoms with van der Waals surface area (Å²) < 4.78 is 5.39. The number of alkyl carbamates (subject to hydrolysis) is 1. The van der Waals surface area contributed by atoms with Crippen LogP contribution in [0.15, 0.2) is 54.6 Å². The quantitative estimate of drug-likeness (QED) is 0.667. The SMILES string of the molecule is C[C@H](Cc1ccc(C#N)cc1)C[C@H](O)[C@H](Cc1ccccc1)NC(=O)OC(C)(C)C. The van der Waals surface area contributed by atoms with Crippen molar-refractivity contribution in [2.24, 2.45) is 5.92 Å².